The average molecular weight is 373 g/mol. The molecule has 7 heteroatoms. The SMILES string of the molecule is CC(C)CC(C)N(C)S(=O)(=O)c1ccc(Cl)c(CCl)c1Cl. The molecular weight excluding hydrogens is 353 g/mol. The van der Waals surface area contributed by atoms with Gasteiger partial charge in [0.05, 0.1) is 10.9 Å². The molecule has 0 bridgehead atoms. The van der Waals surface area contributed by atoms with Crippen molar-refractivity contribution in [3.63, 3.8) is 0 Å². The summed E-state index contributed by atoms with van der Waals surface area (Å²) in [6, 6.07) is 2.81. The van der Waals surface area contributed by atoms with Crippen LogP contribution in [-0.4, -0.2) is 25.8 Å². The van der Waals surface area contributed by atoms with Crippen molar-refractivity contribution in [2.45, 2.75) is 44.0 Å². The number of alkyl halides is 1. The molecule has 0 heterocycles. The molecule has 21 heavy (non-hydrogen) atoms. The van der Waals surface area contributed by atoms with Crippen LogP contribution in [0.4, 0.5) is 0 Å². The van der Waals surface area contributed by atoms with E-state index in [0.29, 0.717) is 16.5 Å². The number of benzene rings is 1. The van der Waals surface area contributed by atoms with Crippen LogP contribution < -0.4 is 0 Å². The number of halogens is 3. The minimum Gasteiger partial charge on any atom is -0.207 e. The zero-order valence-electron chi connectivity index (χ0n) is 12.5. The van der Waals surface area contributed by atoms with E-state index < -0.39 is 10.0 Å². The second-order valence-corrected chi connectivity index (χ2v) is 8.49. The molecule has 0 fully saturated rings. The van der Waals surface area contributed by atoms with Crippen molar-refractivity contribution in [2.75, 3.05) is 7.05 Å². The van der Waals surface area contributed by atoms with E-state index in [4.69, 9.17) is 34.8 Å². The zero-order valence-corrected chi connectivity index (χ0v) is 15.6. The predicted molar refractivity (Wildman–Crippen MR) is 89.9 cm³/mol. The normalized spacial score (nSPS) is 14.0. The van der Waals surface area contributed by atoms with Gasteiger partial charge >= 0.3 is 0 Å². The van der Waals surface area contributed by atoms with Crippen LogP contribution in [0.15, 0.2) is 17.0 Å². The largest absolute Gasteiger partial charge is 0.244 e. The second-order valence-electron chi connectivity index (χ2n) is 5.47. The standard InChI is InChI=1S/C14H20Cl3NO2S/c1-9(2)7-10(3)18(4)21(19,20)13-6-5-12(16)11(8-15)14(13)17/h5-6,9-10H,7-8H2,1-4H3. The monoisotopic (exact) mass is 371 g/mol. The molecule has 0 spiro atoms. The quantitative estimate of drug-likeness (QED) is 0.673. The third kappa shape index (κ3) is 4.26. The van der Waals surface area contributed by atoms with Gasteiger partial charge < -0.3 is 0 Å². The fourth-order valence-electron chi connectivity index (χ4n) is 2.12. The van der Waals surface area contributed by atoms with E-state index in [9.17, 15) is 8.42 Å². The minimum absolute atomic E-state index is 0.0438. The summed E-state index contributed by atoms with van der Waals surface area (Å²) in [7, 11) is -2.12. The van der Waals surface area contributed by atoms with E-state index in [1.54, 1.807) is 7.05 Å². The lowest BCUT2D eigenvalue weighted by atomic mass is 10.1. The first-order valence-corrected chi connectivity index (χ1v) is 9.36. The molecule has 120 valence electrons. The molecule has 0 saturated heterocycles. The van der Waals surface area contributed by atoms with Gasteiger partial charge in [0.2, 0.25) is 10.0 Å². The van der Waals surface area contributed by atoms with Crippen molar-refractivity contribution in [2.24, 2.45) is 5.92 Å². The zero-order chi connectivity index (χ0) is 16.4. The second kappa shape index (κ2) is 7.51. The Morgan fingerprint density at radius 3 is 2.24 bits per heavy atom. The van der Waals surface area contributed by atoms with Gasteiger partial charge in [0, 0.05) is 23.7 Å². The van der Waals surface area contributed by atoms with Crippen molar-refractivity contribution >= 4 is 44.8 Å². The summed E-state index contributed by atoms with van der Waals surface area (Å²) in [6.07, 6.45) is 0.767. The fourth-order valence-corrected chi connectivity index (χ4v) is 4.79. The molecule has 0 N–H and O–H groups in total. The van der Waals surface area contributed by atoms with Crippen LogP contribution in [0.3, 0.4) is 0 Å². The van der Waals surface area contributed by atoms with Crippen LogP contribution in [0.5, 0.6) is 0 Å². The summed E-state index contributed by atoms with van der Waals surface area (Å²) in [6.45, 7) is 5.99. The van der Waals surface area contributed by atoms with E-state index >= 15 is 0 Å². The average Bonchev–Trinajstić information content (AvgIpc) is 2.37. The Labute approximate surface area is 142 Å². The molecule has 0 aliphatic rings. The molecule has 0 aliphatic carbocycles. The van der Waals surface area contributed by atoms with Gasteiger partial charge in [-0.1, -0.05) is 37.0 Å². The van der Waals surface area contributed by atoms with Gasteiger partial charge in [0.15, 0.2) is 0 Å². The molecule has 0 amide bonds. The highest BCUT2D eigenvalue weighted by Gasteiger charge is 2.29. The summed E-state index contributed by atoms with van der Waals surface area (Å²) >= 11 is 18.0. The Morgan fingerprint density at radius 1 is 1.19 bits per heavy atom. The molecule has 1 rings (SSSR count). The summed E-state index contributed by atoms with van der Waals surface area (Å²) in [5.41, 5.74) is 0.436. The van der Waals surface area contributed by atoms with Gasteiger partial charge in [-0.15, -0.1) is 11.6 Å². The molecule has 0 aromatic heterocycles. The lowest BCUT2D eigenvalue weighted by Gasteiger charge is -2.26. The highest BCUT2D eigenvalue weighted by Crippen LogP contribution is 2.34. The number of hydrogen-bond donors (Lipinski definition) is 0. The molecule has 1 unspecified atom stereocenters. The molecule has 0 radical (unpaired) electrons. The molecule has 3 nitrogen and oxygen atoms in total. The maximum Gasteiger partial charge on any atom is 0.244 e. The highest BCUT2D eigenvalue weighted by molar-refractivity contribution is 7.89. The van der Waals surface area contributed by atoms with Crippen LogP contribution >= 0.6 is 34.8 Å². The van der Waals surface area contributed by atoms with Gasteiger partial charge in [0.25, 0.3) is 0 Å². The Bertz CT molecular complexity index is 602. The van der Waals surface area contributed by atoms with Crippen LogP contribution in [0.2, 0.25) is 10.0 Å². The van der Waals surface area contributed by atoms with Gasteiger partial charge in [0.1, 0.15) is 4.90 Å². The number of sulfonamides is 1. The minimum atomic E-state index is -3.68. The van der Waals surface area contributed by atoms with Crippen molar-refractivity contribution in [3.05, 3.63) is 27.7 Å². The Morgan fingerprint density at radius 2 is 1.76 bits per heavy atom. The van der Waals surface area contributed by atoms with Gasteiger partial charge in [-0.25, -0.2) is 8.42 Å². The smallest absolute Gasteiger partial charge is 0.207 e. The van der Waals surface area contributed by atoms with Gasteiger partial charge in [-0.2, -0.15) is 4.31 Å². The van der Waals surface area contributed by atoms with Crippen molar-refractivity contribution < 1.29 is 8.42 Å². The lowest BCUT2D eigenvalue weighted by molar-refractivity contribution is 0.338. The van der Waals surface area contributed by atoms with E-state index in [1.165, 1.54) is 16.4 Å². The summed E-state index contributed by atoms with van der Waals surface area (Å²) in [5.74, 6) is 0.462. The molecule has 1 atom stereocenters. The summed E-state index contributed by atoms with van der Waals surface area (Å²) in [4.78, 5) is 0.0438. The van der Waals surface area contributed by atoms with Gasteiger partial charge in [-0.3, -0.25) is 0 Å². The predicted octanol–water partition coefficient (Wildman–Crippen LogP) is 4.79. The third-order valence-corrected chi connectivity index (χ3v) is 6.55. The van der Waals surface area contributed by atoms with Crippen molar-refractivity contribution in [3.8, 4) is 0 Å². The first-order chi connectivity index (χ1) is 9.62. The van der Waals surface area contributed by atoms with Gasteiger partial charge in [-0.05, 0) is 31.4 Å². The van der Waals surface area contributed by atoms with E-state index in [0.717, 1.165) is 6.42 Å². The fraction of sp³-hybridized carbons (Fsp3) is 0.571. The number of hydrogen-bond acceptors (Lipinski definition) is 2. The van der Waals surface area contributed by atoms with E-state index in [-0.39, 0.29) is 21.8 Å². The maximum absolute atomic E-state index is 12.7. The van der Waals surface area contributed by atoms with E-state index in [2.05, 4.69) is 13.8 Å². The van der Waals surface area contributed by atoms with Crippen LogP contribution in [0.1, 0.15) is 32.8 Å². The molecule has 1 aromatic carbocycles. The van der Waals surface area contributed by atoms with Crippen LogP contribution in [0, 0.1) is 5.92 Å². The number of nitrogens with zero attached hydrogens (tertiary/aromatic N) is 1. The summed E-state index contributed by atoms with van der Waals surface area (Å²) in [5, 5.41) is 0.466. The third-order valence-electron chi connectivity index (χ3n) is 3.37. The van der Waals surface area contributed by atoms with Crippen LogP contribution in [-0.2, 0) is 15.9 Å². The molecular formula is C14H20Cl3NO2S. The first-order valence-electron chi connectivity index (χ1n) is 6.63. The van der Waals surface area contributed by atoms with E-state index in [1.807, 2.05) is 6.92 Å². The lowest BCUT2D eigenvalue weighted by Crippen LogP contribution is -2.36. The molecule has 0 saturated carbocycles. The molecule has 0 aliphatic heterocycles. The number of rotatable bonds is 6. The summed E-state index contributed by atoms with van der Waals surface area (Å²) < 4.78 is 26.8. The van der Waals surface area contributed by atoms with Crippen LogP contribution in [0.25, 0.3) is 0 Å². The topological polar surface area (TPSA) is 37.4 Å². The first kappa shape index (κ1) is 19.0. The Balaban J connectivity index is 3.25. The Hall–Kier alpha value is -0.000000000000000167. The van der Waals surface area contributed by atoms with Crippen molar-refractivity contribution in [1.82, 2.24) is 4.31 Å². The Kier molecular flexibility index (Phi) is 6.81. The van der Waals surface area contributed by atoms with Crippen molar-refractivity contribution in [1.29, 1.82) is 0 Å². The maximum atomic E-state index is 12.7. The molecule has 1 aromatic rings. The highest BCUT2D eigenvalue weighted by atomic mass is 35.5.